The van der Waals surface area contributed by atoms with Crippen LogP contribution in [0.15, 0.2) is 24.7 Å². The number of alkyl halides is 3. The van der Waals surface area contributed by atoms with Crippen LogP contribution in [0.5, 0.6) is 0 Å². The lowest BCUT2D eigenvalue weighted by Gasteiger charge is -2.24. The van der Waals surface area contributed by atoms with E-state index in [0.717, 1.165) is 12.4 Å². The van der Waals surface area contributed by atoms with E-state index in [2.05, 4.69) is 9.97 Å². The lowest BCUT2D eigenvalue weighted by Crippen LogP contribution is -2.31. The Balaban J connectivity index is 2.12. The second-order valence-electron chi connectivity index (χ2n) is 4.10. The number of carbonyl (C=O) groups excluding carboxylic acids is 1. The third-order valence-electron chi connectivity index (χ3n) is 2.77. The van der Waals surface area contributed by atoms with Gasteiger partial charge in [-0.15, -0.1) is 0 Å². The molecule has 1 aromatic rings. The van der Waals surface area contributed by atoms with Gasteiger partial charge in [-0.3, -0.25) is 4.79 Å². The molecule has 1 unspecified atom stereocenters. The number of anilines is 1. The maximum atomic E-state index is 12.3. The van der Waals surface area contributed by atoms with Gasteiger partial charge in [-0.1, -0.05) is 6.08 Å². The Morgan fingerprint density at radius 2 is 2.00 bits per heavy atom. The maximum absolute atomic E-state index is 12.3. The molecule has 0 radical (unpaired) electrons. The Labute approximate surface area is 106 Å². The number of aromatic nitrogens is 2. The van der Waals surface area contributed by atoms with E-state index in [9.17, 15) is 18.0 Å². The van der Waals surface area contributed by atoms with Crippen LogP contribution in [-0.2, 0) is 11.0 Å². The van der Waals surface area contributed by atoms with Gasteiger partial charge in [0.05, 0.1) is 11.5 Å². The molecule has 0 aromatic carbocycles. The summed E-state index contributed by atoms with van der Waals surface area (Å²) >= 11 is 0. The summed E-state index contributed by atoms with van der Waals surface area (Å²) in [5, 5.41) is 0. The van der Waals surface area contributed by atoms with Crippen LogP contribution < -0.4 is 10.6 Å². The van der Waals surface area contributed by atoms with Crippen molar-refractivity contribution in [2.45, 2.75) is 12.6 Å². The van der Waals surface area contributed by atoms with Gasteiger partial charge < -0.3 is 10.6 Å². The molecule has 0 saturated carbocycles. The zero-order chi connectivity index (χ0) is 14.0. The first-order valence-electron chi connectivity index (χ1n) is 5.51. The summed E-state index contributed by atoms with van der Waals surface area (Å²) in [5.74, 6) is -0.623. The van der Waals surface area contributed by atoms with Gasteiger partial charge in [0, 0.05) is 25.1 Å². The van der Waals surface area contributed by atoms with Crippen LogP contribution in [0, 0.1) is 5.92 Å². The van der Waals surface area contributed by atoms with E-state index in [-0.39, 0.29) is 11.9 Å². The number of halogens is 3. The van der Waals surface area contributed by atoms with Crippen LogP contribution in [-0.4, -0.2) is 22.4 Å². The Morgan fingerprint density at radius 3 is 2.42 bits per heavy atom. The lowest BCUT2D eigenvalue weighted by atomic mass is 10.0. The van der Waals surface area contributed by atoms with Crippen LogP contribution in [0.2, 0.25) is 0 Å². The molecule has 2 N–H and O–H groups in total. The largest absolute Gasteiger partial charge is 0.419 e. The number of nitrogens with zero attached hydrogens (tertiary/aromatic N) is 3. The topological polar surface area (TPSA) is 72.1 Å². The average molecular weight is 272 g/mol. The number of hydrogen-bond acceptors (Lipinski definition) is 4. The molecule has 2 heterocycles. The highest BCUT2D eigenvalue weighted by atomic mass is 19.4. The highest BCUT2D eigenvalue weighted by molar-refractivity contribution is 5.78. The van der Waals surface area contributed by atoms with Crippen molar-refractivity contribution in [1.82, 2.24) is 9.97 Å². The number of nitrogens with two attached hydrogens (primary N) is 1. The summed E-state index contributed by atoms with van der Waals surface area (Å²) in [4.78, 5) is 19.8. The molecule has 1 aliphatic rings. The fourth-order valence-electron chi connectivity index (χ4n) is 1.68. The van der Waals surface area contributed by atoms with Gasteiger partial charge in [0.25, 0.3) is 0 Å². The molecule has 2 rings (SSSR count). The van der Waals surface area contributed by atoms with E-state index in [0.29, 0.717) is 13.0 Å². The van der Waals surface area contributed by atoms with E-state index < -0.39 is 17.6 Å². The quantitative estimate of drug-likeness (QED) is 0.881. The molecule has 8 heteroatoms. The zero-order valence-electron chi connectivity index (χ0n) is 9.76. The predicted molar refractivity (Wildman–Crippen MR) is 60.8 cm³/mol. The third kappa shape index (κ3) is 3.01. The number of rotatable bonds is 2. The van der Waals surface area contributed by atoms with E-state index in [1.54, 1.807) is 17.2 Å². The van der Waals surface area contributed by atoms with Crippen molar-refractivity contribution in [3.63, 3.8) is 0 Å². The van der Waals surface area contributed by atoms with Gasteiger partial charge in [0.1, 0.15) is 0 Å². The summed E-state index contributed by atoms with van der Waals surface area (Å²) in [6.07, 6.45) is 0.643. The molecule has 1 aliphatic heterocycles. The molecule has 0 saturated heterocycles. The number of carbonyl (C=O) groups is 1. The molecule has 19 heavy (non-hydrogen) atoms. The van der Waals surface area contributed by atoms with Crippen LogP contribution in [0.4, 0.5) is 19.1 Å². The molecular formula is C11H11F3N4O. The summed E-state index contributed by atoms with van der Waals surface area (Å²) in [6, 6.07) is 0. The number of amides is 1. The summed E-state index contributed by atoms with van der Waals surface area (Å²) < 4.78 is 37.0. The molecule has 1 aromatic heterocycles. The fraction of sp³-hybridized carbons (Fsp3) is 0.364. The first kappa shape index (κ1) is 13.3. The second kappa shape index (κ2) is 4.87. The Hall–Kier alpha value is -2.12. The second-order valence-corrected chi connectivity index (χ2v) is 4.10. The minimum absolute atomic E-state index is 0.159. The summed E-state index contributed by atoms with van der Waals surface area (Å²) in [7, 11) is 0. The SMILES string of the molecule is NC(=O)C1C=CN(c2ncc(C(F)(F)F)cn2)CC1. The molecule has 0 bridgehead atoms. The highest BCUT2D eigenvalue weighted by Gasteiger charge is 2.31. The smallest absolute Gasteiger partial charge is 0.369 e. The van der Waals surface area contributed by atoms with Gasteiger partial charge in [0.15, 0.2) is 0 Å². The Kier molecular flexibility index (Phi) is 3.41. The first-order valence-corrected chi connectivity index (χ1v) is 5.51. The van der Waals surface area contributed by atoms with E-state index in [1.807, 2.05) is 0 Å². The summed E-state index contributed by atoms with van der Waals surface area (Å²) in [6.45, 7) is 0.426. The zero-order valence-corrected chi connectivity index (χ0v) is 9.76. The molecule has 102 valence electrons. The first-order chi connectivity index (χ1) is 8.88. The van der Waals surface area contributed by atoms with E-state index >= 15 is 0 Å². The maximum Gasteiger partial charge on any atom is 0.419 e. The Morgan fingerprint density at radius 1 is 1.37 bits per heavy atom. The highest BCUT2D eigenvalue weighted by Crippen LogP contribution is 2.28. The van der Waals surface area contributed by atoms with Crippen molar-refractivity contribution in [3.05, 3.63) is 30.2 Å². The van der Waals surface area contributed by atoms with Crippen LogP contribution in [0.3, 0.4) is 0 Å². The molecule has 0 spiro atoms. The standard InChI is InChI=1S/C11H11F3N4O/c12-11(13,14)8-5-16-10(17-6-8)18-3-1-7(2-4-18)9(15)19/h1,3,5-7H,2,4H2,(H2,15,19). The molecule has 1 atom stereocenters. The van der Waals surface area contributed by atoms with Crippen LogP contribution in [0.1, 0.15) is 12.0 Å². The van der Waals surface area contributed by atoms with Crippen molar-refractivity contribution in [2.24, 2.45) is 11.7 Å². The Bertz CT molecular complexity index is 498. The van der Waals surface area contributed by atoms with Gasteiger partial charge in [0.2, 0.25) is 11.9 Å². The number of primary amides is 1. The van der Waals surface area contributed by atoms with Crippen molar-refractivity contribution >= 4 is 11.9 Å². The van der Waals surface area contributed by atoms with Gasteiger partial charge in [-0.25, -0.2) is 9.97 Å². The van der Waals surface area contributed by atoms with Crippen molar-refractivity contribution in [1.29, 1.82) is 0 Å². The molecular weight excluding hydrogens is 261 g/mol. The summed E-state index contributed by atoms with van der Waals surface area (Å²) in [5.41, 5.74) is 4.26. The van der Waals surface area contributed by atoms with Crippen molar-refractivity contribution in [3.8, 4) is 0 Å². The van der Waals surface area contributed by atoms with Crippen molar-refractivity contribution in [2.75, 3.05) is 11.4 Å². The van der Waals surface area contributed by atoms with Gasteiger partial charge >= 0.3 is 6.18 Å². The van der Waals surface area contributed by atoms with Crippen LogP contribution >= 0.6 is 0 Å². The minimum Gasteiger partial charge on any atom is -0.369 e. The van der Waals surface area contributed by atoms with Gasteiger partial charge in [-0.05, 0) is 6.42 Å². The normalized spacial score (nSPS) is 19.5. The molecule has 1 amide bonds. The van der Waals surface area contributed by atoms with Gasteiger partial charge in [-0.2, -0.15) is 13.2 Å². The lowest BCUT2D eigenvalue weighted by molar-refractivity contribution is -0.138. The monoisotopic (exact) mass is 272 g/mol. The fourth-order valence-corrected chi connectivity index (χ4v) is 1.68. The predicted octanol–water partition coefficient (Wildman–Crippen LogP) is 1.32. The molecule has 5 nitrogen and oxygen atoms in total. The molecule has 0 aliphatic carbocycles. The average Bonchev–Trinajstić information content (AvgIpc) is 2.38. The van der Waals surface area contributed by atoms with E-state index in [4.69, 9.17) is 5.73 Å². The minimum atomic E-state index is -4.45. The van der Waals surface area contributed by atoms with E-state index in [1.165, 1.54) is 0 Å². The van der Waals surface area contributed by atoms with Crippen molar-refractivity contribution < 1.29 is 18.0 Å². The molecule has 0 fully saturated rings. The third-order valence-corrected chi connectivity index (χ3v) is 2.77. The number of hydrogen-bond donors (Lipinski definition) is 1. The van der Waals surface area contributed by atoms with Crippen LogP contribution in [0.25, 0.3) is 0 Å².